The van der Waals surface area contributed by atoms with Gasteiger partial charge in [-0.3, -0.25) is 19.4 Å². The van der Waals surface area contributed by atoms with E-state index in [1.165, 1.54) is 21.1 Å². The van der Waals surface area contributed by atoms with Crippen molar-refractivity contribution in [3.8, 4) is 5.75 Å². The van der Waals surface area contributed by atoms with Crippen molar-refractivity contribution in [2.45, 2.75) is 104 Å². The number of nitrogens with one attached hydrogen (secondary N) is 1. The van der Waals surface area contributed by atoms with Crippen molar-refractivity contribution in [2.75, 3.05) is 72.3 Å². The van der Waals surface area contributed by atoms with E-state index in [9.17, 15) is 19.8 Å². The van der Waals surface area contributed by atoms with E-state index in [1.807, 2.05) is 31.9 Å². The zero-order valence-corrected chi connectivity index (χ0v) is 37.4. The number of piperidine rings is 1. The molecule has 1 aliphatic carbocycles. The molecule has 61 heavy (non-hydrogen) atoms. The molecule has 10 atom stereocenters. The number of carbonyl (C=O) groups is 3. The van der Waals surface area contributed by atoms with E-state index < -0.39 is 57.5 Å². The molecule has 2 saturated heterocycles. The molecule has 1 saturated carbocycles. The van der Waals surface area contributed by atoms with E-state index >= 15 is 4.79 Å². The molecule has 3 fully saturated rings. The Kier molecular flexibility index (Phi) is 10.2. The van der Waals surface area contributed by atoms with Crippen LogP contribution >= 0.6 is 11.8 Å². The molecular weight excluding hydrogens is 797 g/mol. The summed E-state index contributed by atoms with van der Waals surface area (Å²) < 4.78 is 24.0. The van der Waals surface area contributed by atoms with E-state index in [-0.39, 0.29) is 12.0 Å². The minimum Gasteiger partial charge on any atom is -0.496 e. The summed E-state index contributed by atoms with van der Waals surface area (Å²) in [7, 11) is 6.17. The van der Waals surface area contributed by atoms with Gasteiger partial charge in [-0.2, -0.15) is 0 Å². The third kappa shape index (κ3) is 5.63. The van der Waals surface area contributed by atoms with Gasteiger partial charge in [0.25, 0.3) is 0 Å². The number of carbonyl (C=O) groups excluding carboxylic acids is 3. The molecule has 1 spiro atoms. The average Bonchev–Trinajstić information content (AvgIpc) is 3.92. The van der Waals surface area contributed by atoms with Gasteiger partial charge in [-0.25, -0.2) is 4.79 Å². The van der Waals surface area contributed by atoms with Crippen molar-refractivity contribution < 1.29 is 43.5 Å². The number of esters is 3. The molecule has 13 nitrogen and oxygen atoms in total. The monoisotopic (exact) mass is 856 g/mol. The van der Waals surface area contributed by atoms with Gasteiger partial charge in [0, 0.05) is 95.8 Å². The molecule has 6 aliphatic rings. The highest BCUT2D eigenvalue weighted by Crippen LogP contribution is 2.68. The normalized spacial score (nSPS) is 36.2. The first kappa shape index (κ1) is 42.2. The summed E-state index contributed by atoms with van der Waals surface area (Å²) in [6, 6.07) is 9.19. The van der Waals surface area contributed by atoms with Crippen LogP contribution in [0.15, 0.2) is 47.4 Å². The highest BCUT2D eigenvalue weighted by Gasteiger charge is 2.80. The molecule has 0 radical (unpaired) electrons. The molecule has 6 heterocycles. The third-order valence-electron chi connectivity index (χ3n) is 15.9. The number of aromatic nitrogens is 1. The van der Waals surface area contributed by atoms with Crippen molar-refractivity contribution in [1.29, 1.82) is 0 Å². The number of likely N-dealkylation sites (N-methyl/N-ethyl adjacent to an activating group) is 1. The maximum Gasteiger partial charge on any atom is 0.344 e. The van der Waals surface area contributed by atoms with Crippen LogP contribution in [-0.2, 0) is 45.8 Å². The van der Waals surface area contributed by atoms with Crippen LogP contribution in [0.4, 0.5) is 5.69 Å². The molecule has 0 amide bonds. The summed E-state index contributed by atoms with van der Waals surface area (Å²) in [6.07, 6.45) is 7.98. The fourth-order valence-corrected chi connectivity index (χ4v) is 14.1. The fraction of sp³-hybridized carbons (Fsp3) is 0.596. The maximum absolute atomic E-state index is 15.4. The smallest absolute Gasteiger partial charge is 0.344 e. The second-order valence-electron chi connectivity index (χ2n) is 18.6. The Balaban J connectivity index is 1.37. The van der Waals surface area contributed by atoms with E-state index in [1.54, 1.807) is 18.9 Å². The summed E-state index contributed by atoms with van der Waals surface area (Å²) >= 11 is 1.67. The Morgan fingerprint density at radius 1 is 0.967 bits per heavy atom. The number of methoxy groups -OCH3 is 3. The van der Waals surface area contributed by atoms with Crippen LogP contribution in [0.1, 0.15) is 75.3 Å². The Morgan fingerprint density at radius 2 is 1.74 bits per heavy atom. The quantitative estimate of drug-likeness (QED) is 0.124. The predicted molar refractivity (Wildman–Crippen MR) is 232 cm³/mol. The van der Waals surface area contributed by atoms with Gasteiger partial charge >= 0.3 is 17.9 Å². The van der Waals surface area contributed by atoms with Gasteiger partial charge in [0.1, 0.15) is 11.2 Å². The van der Waals surface area contributed by atoms with Crippen LogP contribution in [0.5, 0.6) is 5.75 Å². The number of rotatable bonds is 8. The molecule has 5 aliphatic heterocycles. The minimum absolute atomic E-state index is 0.106. The summed E-state index contributed by atoms with van der Waals surface area (Å²) in [5, 5.41) is 26.5. The lowest BCUT2D eigenvalue weighted by Crippen LogP contribution is -2.81. The first-order valence-corrected chi connectivity index (χ1v) is 23.0. The number of nitrogens with zero attached hydrogens (tertiary/aromatic N) is 3. The summed E-state index contributed by atoms with van der Waals surface area (Å²) in [6.45, 7) is 8.62. The average molecular weight is 857 g/mol. The SMILES string of the molecule is CC[C@]1(O)C[C@H]2CN(CCc3c([nH]c4ccc(SC)cc34)[C@@](C(=O)OC)(c3cc4c(cc3OC)N(C)[C@H]3[C@@](O)(C(=O)OC)[C@H](OC(C)=O)[C@]5(CC)C=CCN6CC[C@]43[C@@H]65)C2)C1. The first-order chi connectivity index (χ1) is 29.2. The molecule has 2 aromatic carbocycles. The van der Waals surface area contributed by atoms with Crippen molar-refractivity contribution in [1.82, 2.24) is 14.8 Å². The fourth-order valence-electron chi connectivity index (χ4n) is 13.7. The zero-order valence-electron chi connectivity index (χ0n) is 36.6. The van der Waals surface area contributed by atoms with E-state index in [0.717, 1.165) is 38.3 Å². The Labute approximate surface area is 362 Å². The molecular formula is C47H60N4O9S. The highest BCUT2D eigenvalue weighted by molar-refractivity contribution is 7.98. The minimum atomic E-state index is -2.31. The summed E-state index contributed by atoms with van der Waals surface area (Å²) in [5.41, 5.74) is -1.65. The number of aromatic amines is 1. The van der Waals surface area contributed by atoms with Gasteiger partial charge in [0.15, 0.2) is 6.10 Å². The largest absolute Gasteiger partial charge is 0.496 e. The van der Waals surface area contributed by atoms with Crippen molar-refractivity contribution in [2.24, 2.45) is 11.3 Å². The van der Waals surface area contributed by atoms with Crippen molar-refractivity contribution in [3.63, 3.8) is 0 Å². The van der Waals surface area contributed by atoms with E-state index in [0.29, 0.717) is 82.6 Å². The van der Waals surface area contributed by atoms with Crippen molar-refractivity contribution in [3.05, 3.63) is 64.9 Å². The van der Waals surface area contributed by atoms with Gasteiger partial charge in [-0.1, -0.05) is 26.0 Å². The Hall–Kier alpha value is -4.08. The number of thioether (sulfide) groups is 1. The van der Waals surface area contributed by atoms with Gasteiger partial charge < -0.3 is 39.0 Å². The van der Waals surface area contributed by atoms with Crippen LogP contribution in [0.3, 0.4) is 0 Å². The number of ether oxygens (including phenoxy) is 4. The first-order valence-electron chi connectivity index (χ1n) is 21.7. The number of hydrogen-bond donors (Lipinski definition) is 3. The molecule has 3 aromatic rings. The topological polar surface area (TPSA) is 154 Å². The number of benzene rings is 2. The molecule has 1 unspecified atom stereocenters. The Morgan fingerprint density at radius 3 is 2.41 bits per heavy atom. The zero-order chi connectivity index (χ0) is 43.4. The summed E-state index contributed by atoms with van der Waals surface area (Å²) in [4.78, 5) is 54.5. The van der Waals surface area contributed by atoms with Crippen LogP contribution < -0.4 is 9.64 Å². The van der Waals surface area contributed by atoms with Crippen LogP contribution in [0.2, 0.25) is 0 Å². The molecule has 3 N–H and O–H groups in total. The summed E-state index contributed by atoms with van der Waals surface area (Å²) in [5.74, 6) is -1.57. The standard InChI is InChI=1S/C47H60N4O9S/c1-9-43(55)23-28-24-46(41(53)58-6,37-30(14-18-50(25-28)26-43)31-20-29(61-8)12-13-34(31)48-37)33-21-32-35(22-36(33)57-5)49(4)39-45(32)16-19-51-17-11-15-44(10-2,38(45)51)40(60-27(3)52)47(39,56)42(54)59-7/h11-13,15,20-22,28,38-40,48,55-56H,9-10,14,16-19,23-26H2,1-8H3/t28-,38+,39-,40-,43+,44-,45-,46+,47+/m1/s1. The van der Waals surface area contributed by atoms with Gasteiger partial charge in [0.05, 0.1) is 33.0 Å². The number of hydrogen-bond acceptors (Lipinski definition) is 13. The Bertz CT molecular complexity index is 2330. The van der Waals surface area contributed by atoms with Crippen LogP contribution in [-0.4, -0.2) is 140 Å². The molecule has 2 bridgehead atoms. The van der Waals surface area contributed by atoms with Crippen LogP contribution in [0.25, 0.3) is 10.9 Å². The van der Waals surface area contributed by atoms with Gasteiger partial charge in [-0.05, 0) is 92.6 Å². The lowest BCUT2D eigenvalue weighted by atomic mass is 9.47. The maximum atomic E-state index is 15.4. The van der Waals surface area contributed by atoms with Crippen LogP contribution in [0, 0.1) is 11.3 Å². The second kappa shape index (κ2) is 14.8. The number of H-pyrrole nitrogens is 1. The van der Waals surface area contributed by atoms with Crippen molar-refractivity contribution >= 4 is 46.3 Å². The molecule has 14 heteroatoms. The lowest BCUT2D eigenvalue weighted by molar-refractivity contribution is -0.228. The number of anilines is 1. The number of fused-ring (bicyclic) bond motifs is 6. The molecule has 1 aromatic heterocycles. The van der Waals surface area contributed by atoms with Gasteiger partial charge in [-0.15, -0.1) is 11.8 Å². The third-order valence-corrected chi connectivity index (χ3v) is 16.6. The molecule has 328 valence electrons. The van der Waals surface area contributed by atoms with E-state index in [4.69, 9.17) is 18.9 Å². The predicted octanol–water partition coefficient (Wildman–Crippen LogP) is 4.71. The number of aliphatic hydroxyl groups is 2. The lowest BCUT2D eigenvalue weighted by Gasteiger charge is -2.63. The second-order valence-corrected chi connectivity index (χ2v) is 19.4. The highest BCUT2D eigenvalue weighted by atomic mass is 32.2. The molecule has 9 rings (SSSR count). The van der Waals surface area contributed by atoms with Gasteiger partial charge in [0.2, 0.25) is 5.60 Å². The van der Waals surface area contributed by atoms with E-state index in [2.05, 4.69) is 57.5 Å².